The molecule has 4 heteroatoms. The second kappa shape index (κ2) is 5.83. The van der Waals surface area contributed by atoms with E-state index < -0.39 is 0 Å². The fourth-order valence-electron chi connectivity index (χ4n) is 1.31. The number of carbonyl (C=O) groups is 1. The molecule has 1 rings (SSSR count). The fraction of sp³-hybridized carbons (Fsp3) is 0.364. The van der Waals surface area contributed by atoms with Crippen LogP contribution in [0.4, 0.5) is 4.39 Å². The average molecular weight is 231 g/mol. The summed E-state index contributed by atoms with van der Waals surface area (Å²) in [5.74, 6) is -0.384. The molecule has 0 radical (unpaired) electrons. The van der Waals surface area contributed by atoms with Crippen molar-refractivity contribution in [3.05, 3.63) is 34.1 Å². The molecule has 0 fully saturated rings. The van der Waals surface area contributed by atoms with Gasteiger partial charge in [-0.05, 0) is 24.1 Å². The monoisotopic (exact) mass is 230 g/mol. The van der Waals surface area contributed by atoms with Gasteiger partial charge in [-0.25, -0.2) is 4.39 Å². The molecule has 0 N–H and O–H groups in total. The van der Waals surface area contributed by atoms with Crippen molar-refractivity contribution in [1.29, 1.82) is 0 Å². The summed E-state index contributed by atoms with van der Waals surface area (Å²) in [6.07, 6.45) is 1.68. The molecule has 0 aliphatic carbocycles. The van der Waals surface area contributed by atoms with E-state index in [0.717, 1.165) is 11.8 Å². The van der Waals surface area contributed by atoms with Crippen LogP contribution in [-0.2, 0) is 22.6 Å². The molecular formula is C11H12ClFO2. The van der Waals surface area contributed by atoms with Crippen LogP contribution in [0.15, 0.2) is 12.1 Å². The summed E-state index contributed by atoms with van der Waals surface area (Å²) in [5, 5.41) is 0.345. The van der Waals surface area contributed by atoms with Crippen LogP contribution >= 0.6 is 11.6 Å². The van der Waals surface area contributed by atoms with Gasteiger partial charge in [0.2, 0.25) is 0 Å². The van der Waals surface area contributed by atoms with Crippen LogP contribution in [0.2, 0.25) is 5.02 Å². The molecule has 0 atom stereocenters. The molecule has 0 saturated heterocycles. The Kier molecular flexibility index (Phi) is 4.72. The fourth-order valence-corrected chi connectivity index (χ4v) is 1.59. The van der Waals surface area contributed by atoms with Gasteiger partial charge in [-0.3, -0.25) is 0 Å². The van der Waals surface area contributed by atoms with Crippen LogP contribution in [0.25, 0.3) is 0 Å². The number of aldehydes is 1. The molecule has 15 heavy (non-hydrogen) atoms. The molecule has 0 aliphatic heterocycles. The Hall–Kier alpha value is -0.930. The number of aryl methyl sites for hydroxylation is 1. The van der Waals surface area contributed by atoms with E-state index in [9.17, 15) is 9.18 Å². The highest BCUT2D eigenvalue weighted by Gasteiger charge is 2.09. The zero-order valence-electron chi connectivity index (χ0n) is 8.43. The van der Waals surface area contributed by atoms with Crippen LogP contribution < -0.4 is 0 Å². The first-order valence-corrected chi connectivity index (χ1v) is 4.96. The standard InChI is InChI=1S/C11H12ClFO2/c1-15-7-9-10(12)5-8(3-2-4-14)6-11(9)13/h4-6H,2-3,7H2,1H3. The molecule has 0 bridgehead atoms. The summed E-state index contributed by atoms with van der Waals surface area (Å²) < 4.78 is 18.3. The molecule has 0 aliphatic rings. The molecule has 0 saturated carbocycles. The molecule has 1 aromatic rings. The minimum Gasteiger partial charge on any atom is -0.380 e. The normalized spacial score (nSPS) is 10.3. The third-order valence-corrected chi connectivity index (χ3v) is 2.38. The van der Waals surface area contributed by atoms with Crippen LogP contribution in [0.5, 0.6) is 0 Å². The van der Waals surface area contributed by atoms with E-state index in [-0.39, 0.29) is 12.4 Å². The first-order chi connectivity index (χ1) is 7.19. The Morgan fingerprint density at radius 1 is 1.53 bits per heavy atom. The van der Waals surface area contributed by atoms with Gasteiger partial charge in [0, 0.05) is 24.1 Å². The minimum absolute atomic E-state index is 0.151. The summed E-state index contributed by atoms with van der Waals surface area (Å²) in [6, 6.07) is 3.06. The van der Waals surface area contributed by atoms with Crippen LogP contribution in [0.1, 0.15) is 17.5 Å². The predicted molar refractivity (Wildman–Crippen MR) is 56.5 cm³/mol. The third-order valence-electron chi connectivity index (χ3n) is 2.04. The second-order valence-corrected chi connectivity index (χ2v) is 3.58. The maximum Gasteiger partial charge on any atom is 0.130 e. The lowest BCUT2D eigenvalue weighted by Crippen LogP contribution is -1.97. The number of carbonyl (C=O) groups excluding carboxylic acids is 1. The number of ether oxygens (including phenoxy) is 1. The third kappa shape index (κ3) is 3.29. The van der Waals surface area contributed by atoms with Gasteiger partial charge in [-0.1, -0.05) is 11.6 Å². The summed E-state index contributed by atoms with van der Waals surface area (Å²) in [7, 11) is 1.48. The van der Waals surface area contributed by atoms with Gasteiger partial charge in [0.25, 0.3) is 0 Å². The highest BCUT2D eigenvalue weighted by molar-refractivity contribution is 6.31. The van der Waals surface area contributed by atoms with Gasteiger partial charge in [0.05, 0.1) is 6.61 Å². The van der Waals surface area contributed by atoms with E-state index in [0.29, 0.717) is 23.4 Å². The molecule has 82 valence electrons. The van der Waals surface area contributed by atoms with Crippen LogP contribution in [0, 0.1) is 5.82 Å². The van der Waals surface area contributed by atoms with Crippen molar-refractivity contribution in [1.82, 2.24) is 0 Å². The van der Waals surface area contributed by atoms with Crippen molar-refractivity contribution >= 4 is 17.9 Å². The molecule has 0 unspecified atom stereocenters. The van der Waals surface area contributed by atoms with Crippen molar-refractivity contribution in [2.24, 2.45) is 0 Å². The Morgan fingerprint density at radius 2 is 2.27 bits per heavy atom. The van der Waals surface area contributed by atoms with Crippen molar-refractivity contribution in [2.75, 3.05) is 7.11 Å². The SMILES string of the molecule is COCc1c(F)cc(CCC=O)cc1Cl. The maximum absolute atomic E-state index is 13.5. The van der Waals surface area contributed by atoms with Crippen molar-refractivity contribution in [3.8, 4) is 0 Å². The maximum atomic E-state index is 13.5. The van der Waals surface area contributed by atoms with E-state index in [2.05, 4.69) is 0 Å². The molecule has 0 aromatic heterocycles. The first-order valence-electron chi connectivity index (χ1n) is 4.58. The number of methoxy groups -OCH3 is 1. The zero-order chi connectivity index (χ0) is 11.3. The smallest absolute Gasteiger partial charge is 0.130 e. The molecule has 0 spiro atoms. The lowest BCUT2D eigenvalue weighted by atomic mass is 10.1. The van der Waals surface area contributed by atoms with E-state index in [1.807, 2.05) is 0 Å². The van der Waals surface area contributed by atoms with E-state index in [4.69, 9.17) is 16.3 Å². The van der Waals surface area contributed by atoms with E-state index in [1.165, 1.54) is 13.2 Å². The molecular weight excluding hydrogens is 219 g/mol. The summed E-state index contributed by atoms with van der Waals surface area (Å²) in [4.78, 5) is 10.2. The number of rotatable bonds is 5. The average Bonchev–Trinajstić information content (AvgIpc) is 2.20. The van der Waals surface area contributed by atoms with E-state index in [1.54, 1.807) is 6.07 Å². The lowest BCUT2D eigenvalue weighted by Gasteiger charge is -2.07. The largest absolute Gasteiger partial charge is 0.380 e. The number of benzene rings is 1. The lowest BCUT2D eigenvalue weighted by molar-refractivity contribution is -0.107. The molecule has 0 heterocycles. The zero-order valence-corrected chi connectivity index (χ0v) is 9.18. The first kappa shape index (κ1) is 12.1. The van der Waals surface area contributed by atoms with Gasteiger partial charge >= 0.3 is 0 Å². The van der Waals surface area contributed by atoms with Crippen LogP contribution in [0.3, 0.4) is 0 Å². The van der Waals surface area contributed by atoms with Crippen molar-refractivity contribution in [2.45, 2.75) is 19.4 Å². The number of halogens is 2. The van der Waals surface area contributed by atoms with E-state index >= 15 is 0 Å². The Morgan fingerprint density at radius 3 is 2.80 bits per heavy atom. The second-order valence-electron chi connectivity index (χ2n) is 3.18. The Labute approximate surface area is 93.0 Å². The number of hydrogen-bond acceptors (Lipinski definition) is 2. The van der Waals surface area contributed by atoms with Crippen LogP contribution in [-0.4, -0.2) is 13.4 Å². The topological polar surface area (TPSA) is 26.3 Å². The molecule has 0 amide bonds. The summed E-state index contributed by atoms with van der Waals surface area (Å²) >= 11 is 5.88. The highest BCUT2D eigenvalue weighted by Crippen LogP contribution is 2.22. The van der Waals surface area contributed by atoms with Crippen molar-refractivity contribution < 1.29 is 13.9 Å². The predicted octanol–water partition coefficient (Wildman–Crippen LogP) is 2.76. The number of hydrogen-bond donors (Lipinski definition) is 0. The molecule has 1 aromatic carbocycles. The summed E-state index contributed by atoms with van der Waals surface area (Å²) in [6.45, 7) is 0.151. The highest BCUT2D eigenvalue weighted by atomic mass is 35.5. The molecule has 2 nitrogen and oxygen atoms in total. The van der Waals surface area contributed by atoms with Gasteiger partial charge < -0.3 is 9.53 Å². The van der Waals surface area contributed by atoms with Gasteiger partial charge in [0.1, 0.15) is 12.1 Å². The Balaban J connectivity index is 2.91. The summed E-state index contributed by atoms with van der Waals surface area (Å²) in [5.41, 5.74) is 1.08. The van der Waals surface area contributed by atoms with Crippen molar-refractivity contribution in [3.63, 3.8) is 0 Å². The van der Waals surface area contributed by atoms with Gasteiger partial charge in [0.15, 0.2) is 0 Å². The quantitative estimate of drug-likeness (QED) is 0.727. The minimum atomic E-state index is -0.384. The Bertz CT molecular complexity index is 329. The van der Waals surface area contributed by atoms with Gasteiger partial charge in [-0.15, -0.1) is 0 Å². The van der Waals surface area contributed by atoms with Gasteiger partial charge in [-0.2, -0.15) is 0 Å².